The minimum Gasteiger partial charge on any atom is -0.497 e. The smallest absolute Gasteiger partial charge is 0.318 e. The third-order valence-electron chi connectivity index (χ3n) is 4.54. The quantitative estimate of drug-likeness (QED) is 0.635. The Kier molecular flexibility index (Phi) is 7.67. The van der Waals surface area contributed by atoms with Gasteiger partial charge in [0, 0.05) is 6.54 Å². The Hall–Kier alpha value is -2.33. The number of methoxy groups -OCH3 is 1. The first kappa shape index (κ1) is 20.0. The highest BCUT2D eigenvalue weighted by Crippen LogP contribution is 2.28. The van der Waals surface area contributed by atoms with Crippen LogP contribution in [0.15, 0.2) is 54.6 Å². The van der Waals surface area contributed by atoms with E-state index >= 15 is 0 Å². The summed E-state index contributed by atoms with van der Waals surface area (Å²) in [5.41, 5.74) is 1.83. The lowest BCUT2D eigenvalue weighted by Gasteiger charge is -2.25. The summed E-state index contributed by atoms with van der Waals surface area (Å²) in [5.74, 6) is 0.103. The molecule has 0 bridgehead atoms. The van der Waals surface area contributed by atoms with E-state index in [9.17, 15) is 4.79 Å². The molecular formula is C22H29NO3. The predicted molar refractivity (Wildman–Crippen MR) is 105 cm³/mol. The molecule has 0 amide bonds. The average Bonchev–Trinajstić information content (AvgIpc) is 2.67. The third-order valence-corrected chi connectivity index (χ3v) is 4.54. The fourth-order valence-electron chi connectivity index (χ4n) is 3.06. The van der Waals surface area contributed by atoms with Crippen molar-refractivity contribution < 1.29 is 14.3 Å². The average molecular weight is 355 g/mol. The first-order valence-corrected chi connectivity index (χ1v) is 9.20. The van der Waals surface area contributed by atoms with Crippen molar-refractivity contribution in [2.45, 2.75) is 32.8 Å². The molecule has 2 unspecified atom stereocenters. The van der Waals surface area contributed by atoms with E-state index in [1.54, 1.807) is 7.11 Å². The first-order chi connectivity index (χ1) is 12.6. The summed E-state index contributed by atoms with van der Waals surface area (Å²) >= 11 is 0. The highest BCUT2D eigenvalue weighted by atomic mass is 16.5. The minimum absolute atomic E-state index is 0.160. The fraction of sp³-hybridized carbons (Fsp3) is 0.409. The van der Waals surface area contributed by atoms with Gasteiger partial charge < -0.3 is 14.4 Å². The first-order valence-electron chi connectivity index (χ1n) is 9.20. The summed E-state index contributed by atoms with van der Waals surface area (Å²) in [7, 11) is 1.63. The van der Waals surface area contributed by atoms with E-state index < -0.39 is 5.92 Å². The zero-order chi connectivity index (χ0) is 18.9. The number of benzene rings is 2. The Bertz CT molecular complexity index is 666. The highest BCUT2D eigenvalue weighted by Gasteiger charge is 2.26. The molecule has 4 heteroatoms. The van der Waals surface area contributed by atoms with Crippen LogP contribution < -0.4 is 4.74 Å². The lowest BCUT2D eigenvalue weighted by molar-refractivity contribution is -0.149. The predicted octanol–water partition coefficient (Wildman–Crippen LogP) is 4.10. The summed E-state index contributed by atoms with van der Waals surface area (Å²) in [4.78, 5) is 15.2. The number of hydrogen-bond donors (Lipinski definition) is 0. The van der Waals surface area contributed by atoms with Crippen molar-refractivity contribution >= 4 is 5.97 Å². The Morgan fingerprint density at radius 2 is 1.54 bits per heavy atom. The van der Waals surface area contributed by atoms with Gasteiger partial charge in [-0.1, -0.05) is 56.3 Å². The molecule has 0 aliphatic rings. The van der Waals surface area contributed by atoms with Gasteiger partial charge >= 0.3 is 5.97 Å². The van der Waals surface area contributed by atoms with Crippen molar-refractivity contribution in [1.82, 2.24) is 4.90 Å². The molecule has 2 rings (SSSR count). The zero-order valence-electron chi connectivity index (χ0n) is 16.1. The maximum Gasteiger partial charge on any atom is 0.318 e. The molecule has 0 aliphatic heterocycles. The van der Waals surface area contributed by atoms with E-state index in [2.05, 4.69) is 18.7 Å². The van der Waals surface area contributed by atoms with Crippen LogP contribution in [0.2, 0.25) is 0 Å². The second kappa shape index (κ2) is 9.97. The van der Waals surface area contributed by atoms with Crippen LogP contribution in [-0.2, 0) is 9.53 Å². The van der Waals surface area contributed by atoms with Gasteiger partial charge in [0.25, 0.3) is 0 Å². The molecule has 26 heavy (non-hydrogen) atoms. The van der Waals surface area contributed by atoms with Gasteiger partial charge in [0.2, 0.25) is 0 Å². The van der Waals surface area contributed by atoms with E-state index in [-0.39, 0.29) is 12.1 Å². The van der Waals surface area contributed by atoms with Gasteiger partial charge in [-0.05, 0) is 43.3 Å². The monoisotopic (exact) mass is 355 g/mol. The van der Waals surface area contributed by atoms with Crippen LogP contribution in [0.3, 0.4) is 0 Å². The van der Waals surface area contributed by atoms with Gasteiger partial charge in [0.1, 0.15) is 17.8 Å². The molecule has 0 fully saturated rings. The van der Waals surface area contributed by atoms with Crippen LogP contribution in [0.25, 0.3) is 0 Å². The van der Waals surface area contributed by atoms with Crippen LogP contribution in [0.5, 0.6) is 5.75 Å². The van der Waals surface area contributed by atoms with Crippen LogP contribution in [0.4, 0.5) is 0 Å². The van der Waals surface area contributed by atoms with Gasteiger partial charge in [0.05, 0.1) is 7.11 Å². The second-order valence-electron chi connectivity index (χ2n) is 6.35. The minimum atomic E-state index is -0.443. The Morgan fingerprint density at radius 1 is 0.962 bits per heavy atom. The molecule has 0 spiro atoms. The number of nitrogens with zero attached hydrogens (tertiary/aromatic N) is 1. The van der Waals surface area contributed by atoms with Crippen molar-refractivity contribution in [1.29, 1.82) is 0 Å². The van der Waals surface area contributed by atoms with Crippen LogP contribution in [0.1, 0.15) is 37.8 Å². The maximum absolute atomic E-state index is 13.0. The van der Waals surface area contributed by atoms with Crippen molar-refractivity contribution in [3.8, 4) is 5.75 Å². The van der Waals surface area contributed by atoms with E-state index in [1.807, 2.05) is 61.5 Å². The third kappa shape index (κ3) is 5.33. The van der Waals surface area contributed by atoms with Crippen LogP contribution >= 0.6 is 0 Å². The van der Waals surface area contributed by atoms with Gasteiger partial charge in [-0.2, -0.15) is 0 Å². The maximum atomic E-state index is 13.0. The number of ether oxygens (including phenoxy) is 2. The standard InChI is InChI=1S/C22H29NO3/c1-5-23(6-2)16-17(3)26-22(24)21(18-10-8-7-9-11-18)19-12-14-20(25-4)15-13-19/h7-15,17,21H,5-6,16H2,1-4H3. The molecule has 0 aromatic heterocycles. The summed E-state index contributed by atoms with van der Waals surface area (Å²) in [6, 6.07) is 17.4. The molecule has 140 valence electrons. The molecule has 0 N–H and O–H groups in total. The number of rotatable bonds is 9. The number of likely N-dealkylation sites (N-methyl/N-ethyl adjacent to an activating group) is 1. The molecule has 0 heterocycles. The summed E-state index contributed by atoms with van der Waals surface area (Å²) < 4.78 is 11.0. The molecule has 2 atom stereocenters. The summed E-state index contributed by atoms with van der Waals surface area (Å²) in [5, 5.41) is 0. The molecule has 0 radical (unpaired) electrons. The topological polar surface area (TPSA) is 38.8 Å². The van der Waals surface area contributed by atoms with Crippen molar-refractivity contribution in [2.75, 3.05) is 26.7 Å². The number of carbonyl (C=O) groups is 1. The van der Waals surface area contributed by atoms with Gasteiger partial charge in [-0.25, -0.2) is 0 Å². The van der Waals surface area contributed by atoms with Gasteiger partial charge in [-0.3, -0.25) is 4.79 Å². The Morgan fingerprint density at radius 3 is 2.08 bits per heavy atom. The molecular weight excluding hydrogens is 326 g/mol. The Labute approximate surface area is 156 Å². The molecule has 0 saturated carbocycles. The van der Waals surface area contributed by atoms with Crippen LogP contribution in [-0.4, -0.2) is 43.7 Å². The molecule has 0 saturated heterocycles. The molecule has 2 aromatic carbocycles. The van der Waals surface area contributed by atoms with Crippen molar-refractivity contribution in [2.24, 2.45) is 0 Å². The summed E-state index contributed by atoms with van der Waals surface area (Å²) in [6.07, 6.45) is -0.160. The summed E-state index contributed by atoms with van der Waals surface area (Å²) in [6.45, 7) is 8.80. The van der Waals surface area contributed by atoms with Gasteiger partial charge in [-0.15, -0.1) is 0 Å². The zero-order valence-corrected chi connectivity index (χ0v) is 16.1. The normalized spacial score (nSPS) is 13.3. The van der Waals surface area contributed by atoms with E-state index in [1.165, 1.54) is 0 Å². The lowest BCUT2D eigenvalue weighted by Crippen LogP contribution is -2.34. The lowest BCUT2D eigenvalue weighted by atomic mass is 9.91. The van der Waals surface area contributed by atoms with Gasteiger partial charge in [0.15, 0.2) is 0 Å². The van der Waals surface area contributed by atoms with Crippen molar-refractivity contribution in [3.05, 3.63) is 65.7 Å². The largest absolute Gasteiger partial charge is 0.497 e. The van der Waals surface area contributed by atoms with E-state index in [0.717, 1.165) is 36.5 Å². The number of carbonyl (C=O) groups excluding carboxylic acids is 1. The number of esters is 1. The fourth-order valence-corrected chi connectivity index (χ4v) is 3.06. The second-order valence-corrected chi connectivity index (χ2v) is 6.35. The molecule has 0 aliphatic carbocycles. The van der Waals surface area contributed by atoms with E-state index in [4.69, 9.17) is 9.47 Å². The number of hydrogen-bond acceptors (Lipinski definition) is 4. The Balaban J connectivity index is 2.21. The highest BCUT2D eigenvalue weighted by molar-refractivity contribution is 5.82. The van der Waals surface area contributed by atoms with E-state index in [0.29, 0.717) is 0 Å². The molecule has 2 aromatic rings. The van der Waals surface area contributed by atoms with Crippen molar-refractivity contribution in [3.63, 3.8) is 0 Å². The van der Waals surface area contributed by atoms with Crippen LogP contribution in [0, 0.1) is 0 Å². The molecule has 4 nitrogen and oxygen atoms in total. The SMILES string of the molecule is CCN(CC)CC(C)OC(=O)C(c1ccccc1)c1ccc(OC)cc1.